The average Bonchev–Trinajstić information content (AvgIpc) is 2.82. The molecule has 0 saturated heterocycles. The summed E-state index contributed by atoms with van der Waals surface area (Å²) in [5.41, 5.74) is 1.01. The van der Waals surface area contributed by atoms with Crippen molar-refractivity contribution in [2.24, 2.45) is 5.41 Å². The second-order valence-electron chi connectivity index (χ2n) is 6.20. The molecular formula is C16H24FN3O2. The van der Waals surface area contributed by atoms with E-state index in [-0.39, 0.29) is 19.0 Å². The van der Waals surface area contributed by atoms with E-state index < -0.39 is 5.41 Å². The third-order valence-electron chi connectivity index (χ3n) is 3.93. The fourth-order valence-corrected chi connectivity index (χ4v) is 2.73. The highest BCUT2D eigenvalue weighted by Crippen LogP contribution is 2.20. The first-order valence-electron chi connectivity index (χ1n) is 7.47. The number of nitrogens with zero attached hydrogens (tertiary/aromatic N) is 3. The maximum atomic E-state index is 13.3. The molecule has 0 aliphatic rings. The Hall–Kier alpha value is -1.50. The fraction of sp³-hybridized carbons (Fsp3) is 0.562. The van der Waals surface area contributed by atoms with Gasteiger partial charge in [0, 0.05) is 24.6 Å². The maximum absolute atomic E-state index is 13.3. The van der Waals surface area contributed by atoms with Crippen molar-refractivity contribution >= 4 is 11.0 Å². The molecule has 1 aromatic carbocycles. The van der Waals surface area contributed by atoms with Crippen molar-refractivity contribution in [2.75, 3.05) is 26.8 Å². The van der Waals surface area contributed by atoms with Gasteiger partial charge >= 0.3 is 0 Å². The van der Waals surface area contributed by atoms with Crippen LogP contribution < -0.4 is 0 Å². The lowest BCUT2D eigenvalue weighted by Crippen LogP contribution is -2.39. The molecule has 0 radical (unpaired) electrons. The summed E-state index contributed by atoms with van der Waals surface area (Å²) in [6, 6.07) is 4.63. The van der Waals surface area contributed by atoms with Crippen molar-refractivity contribution in [2.45, 2.75) is 26.9 Å². The molecule has 0 fully saturated rings. The molecule has 22 heavy (non-hydrogen) atoms. The van der Waals surface area contributed by atoms with E-state index in [1.54, 1.807) is 6.07 Å². The smallest absolute Gasteiger partial charge is 0.125 e. The summed E-state index contributed by atoms with van der Waals surface area (Å²) >= 11 is 0. The van der Waals surface area contributed by atoms with Gasteiger partial charge in [0.25, 0.3) is 0 Å². The molecule has 2 N–H and O–H groups in total. The third kappa shape index (κ3) is 3.45. The lowest BCUT2D eigenvalue weighted by Gasteiger charge is -2.30. The minimum Gasteiger partial charge on any atom is -0.396 e. The van der Waals surface area contributed by atoms with E-state index in [9.17, 15) is 14.6 Å². The van der Waals surface area contributed by atoms with Gasteiger partial charge < -0.3 is 14.8 Å². The summed E-state index contributed by atoms with van der Waals surface area (Å²) in [6.07, 6.45) is 0. The maximum Gasteiger partial charge on any atom is 0.125 e. The van der Waals surface area contributed by atoms with Gasteiger partial charge in [-0.05, 0) is 26.1 Å². The Balaban J connectivity index is 2.23. The third-order valence-corrected chi connectivity index (χ3v) is 3.93. The van der Waals surface area contributed by atoms with Crippen LogP contribution in [0.5, 0.6) is 0 Å². The van der Waals surface area contributed by atoms with Crippen molar-refractivity contribution in [3.8, 4) is 0 Å². The number of fused-ring (bicyclic) bond motifs is 1. The molecule has 1 heterocycles. The Morgan fingerprint density at radius 2 is 2.00 bits per heavy atom. The first-order chi connectivity index (χ1) is 10.4. The first kappa shape index (κ1) is 16.9. The van der Waals surface area contributed by atoms with Crippen molar-refractivity contribution in [3.05, 3.63) is 29.8 Å². The van der Waals surface area contributed by atoms with E-state index in [2.05, 4.69) is 9.55 Å². The van der Waals surface area contributed by atoms with Gasteiger partial charge in [-0.2, -0.15) is 0 Å². The Labute approximate surface area is 130 Å². The average molecular weight is 309 g/mol. The van der Waals surface area contributed by atoms with Gasteiger partial charge in [-0.1, -0.05) is 6.92 Å². The topological polar surface area (TPSA) is 61.5 Å². The number of halogens is 1. The zero-order valence-electron chi connectivity index (χ0n) is 13.4. The molecule has 0 amide bonds. The molecular weight excluding hydrogens is 285 g/mol. The number of aromatic nitrogens is 2. The first-order valence-corrected chi connectivity index (χ1v) is 7.47. The van der Waals surface area contributed by atoms with Gasteiger partial charge in [0.2, 0.25) is 0 Å². The highest BCUT2D eigenvalue weighted by molar-refractivity contribution is 5.76. The molecule has 0 unspecified atom stereocenters. The molecule has 122 valence electrons. The predicted molar refractivity (Wildman–Crippen MR) is 84.0 cm³/mol. The predicted octanol–water partition coefficient (Wildman–Crippen LogP) is 1.62. The fourth-order valence-electron chi connectivity index (χ4n) is 2.73. The lowest BCUT2D eigenvalue weighted by atomic mass is 9.92. The van der Waals surface area contributed by atoms with Crippen LogP contribution in [0.4, 0.5) is 4.39 Å². The van der Waals surface area contributed by atoms with Gasteiger partial charge in [-0.15, -0.1) is 0 Å². The molecule has 1 aromatic heterocycles. The van der Waals surface area contributed by atoms with E-state index in [4.69, 9.17) is 0 Å². The van der Waals surface area contributed by atoms with Crippen molar-refractivity contribution in [3.63, 3.8) is 0 Å². The monoisotopic (exact) mass is 309 g/mol. The zero-order valence-corrected chi connectivity index (χ0v) is 13.4. The van der Waals surface area contributed by atoms with Crippen LogP contribution in [-0.2, 0) is 13.1 Å². The second-order valence-corrected chi connectivity index (χ2v) is 6.20. The van der Waals surface area contributed by atoms with Crippen LogP contribution in [0.1, 0.15) is 19.7 Å². The standard InChI is InChI=1S/C16H24FN3O2/c1-4-20-14-6-5-12(17)7-13(14)18-15(20)8-19(3)9-16(2,10-21)11-22/h5-7,21-22H,4,8-11H2,1-3H3. The molecule has 0 saturated carbocycles. The highest BCUT2D eigenvalue weighted by atomic mass is 19.1. The van der Waals surface area contributed by atoms with Crippen LogP contribution in [-0.4, -0.2) is 51.5 Å². The van der Waals surface area contributed by atoms with Crippen LogP contribution in [0.3, 0.4) is 0 Å². The summed E-state index contributed by atoms with van der Waals surface area (Å²) in [5.74, 6) is 0.560. The molecule has 0 bridgehead atoms. The Kier molecular flexibility index (Phi) is 5.16. The summed E-state index contributed by atoms with van der Waals surface area (Å²) in [6.45, 7) is 5.57. The van der Waals surface area contributed by atoms with Crippen LogP contribution >= 0.6 is 0 Å². The second kappa shape index (κ2) is 6.73. The quantitative estimate of drug-likeness (QED) is 0.816. The zero-order chi connectivity index (χ0) is 16.3. The van der Waals surface area contributed by atoms with Crippen LogP contribution in [0.25, 0.3) is 11.0 Å². The number of aryl methyl sites for hydroxylation is 1. The van der Waals surface area contributed by atoms with Gasteiger partial charge in [0.15, 0.2) is 0 Å². The van der Waals surface area contributed by atoms with Crippen LogP contribution in [0.15, 0.2) is 18.2 Å². The van der Waals surface area contributed by atoms with Crippen LogP contribution in [0.2, 0.25) is 0 Å². The number of aliphatic hydroxyl groups is 2. The van der Waals surface area contributed by atoms with Crippen molar-refractivity contribution < 1.29 is 14.6 Å². The van der Waals surface area contributed by atoms with E-state index in [0.717, 1.165) is 17.9 Å². The summed E-state index contributed by atoms with van der Waals surface area (Å²) in [4.78, 5) is 6.53. The number of aliphatic hydroxyl groups excluding tert-OH is 2. The minimum absolute atomic E-state index is 0.0801. The van der Waals surface area contributed by atoms with E-state index >= 15 is 0 Å². The minimum atomic E-state index is -0.552. The van der Waals surface area contributed by atoms with Gasteiger partial charge in [-0.3, -0.25) is 4.90 Å². The molecule has 2 aromatic rings. The molecule has 0 aliphatic heterocycles. The molecule has 6 heteroatoms. The molecule has 0 atom stereocenters. The number of benzene rings is 1. The van der Waals surface area contributed by atoms with E-state index in [0.29, 0.717) is 18.6 Å². The molecule has 0 spiro atoms. The van der Waals surface area contributed by atoms with Gasteiger partial charge in [0.1, 0.15) is 11.6 Å². The van der Waals surface area contributed by atoms with Gasteiger partial charge in [-0.25, -0.2) is 9.37 Å². The normalized spacial score (nSPS) is 12.5. The summed E-state index contributed by atoms with van der Waals surface area (Å²) in [5, 5.41) is 18.8. The number of imidazole rings is 1. The van der Waals surface area contributed by atoms with E-state index in [1.807, 2.05) is 25.8 Å². The van der Waals surface area contributed by atoms with Crippen LogP contribution in [0, 0.1) is 11.2 Å². The largest absolute Gasteiger partial charge is 0.396 e. The Bertz CT molecular complexity index is 638. The van der Waals surface area contributed by atoms with E-state index in [1.165, 1.54) is 12.1 Å². The Morgan fingerprint density at radius 3 is 2.59 bits per heavy atom. The number of rotatable bonds is 7. The number of hydrogen-bond donors (Lipinski definition) is 2. The SMILES string of the molecule is CCn1c(CN(C)CC(C)(CO)CO)nc2cc(F)ccc21. The van der Waals surface area contributed by atoms with Crippen molar-refractivity contribution in [1.82, 2.24) is 14.5 Å². The highest BCUT2D eigenvalue weighted by Gasteiger charge is 2.25. The number of hydrogen-bond acceptors (Lipinski definition) is 4. The van der Waals surface area contributed by atoms with Gasteiger partial charge in [0.05, 0.1) is 30.8 Å². The molecule has 0 aliphatic carbocycles. The summed E-state index contributed by atoms with van der Waals surface area (Å²) < 4.78 is 15.4. The molecule has 5 nitrogen and oxygen atoms in total. The van der Waals surface area contributed by atoms with Crippen molar-refractivity contribution in [1.29, 1.82) is 0 Å². The Morgan fingerprint density at radius 1 is 1.32 bits per heavy atom. The summed E-state index contributed by atoms with van der Waals surface area (Å²) in [7, 11) is 1.92. The molecule has 2 rings (SSSR count). The lowest BCUT2D eigenvalue weighted by molar-refractivity contribution is 0.0394.